The molecule has 6 heteroatoms. The Balaban J connectivity index is 1.18. The van der Waals surface area contributed by atoms with Gasteiger partial charge in [-0.05, 0) is 69.3 Å². The van der Waals surface area contributed by atoms with E-state index in [1.165, 1.54) is 31.2 Å². The van der Waals surface area contributed by atoms with Gasteiger partial charge < -0.3 is 19.4 Å². The van der Waals surface area contributed by atoms with E-state index in [0.29, 0.717) is 25.2 Å². The summed E-state index contributed by atoms with van der Waals surface area (Å²) in [4.78, 5) is 32.4. The molecule has 0 saturated carbocycles. The normalized spacial score (nSPS) is 21.1. The highest BCUT2D eigenvalue weighted by molar-refractivity contribution is 5.94. The summed E-state index contributed by atoms with van der Waals surface area (Å²) in [5, 5.41) is 0. The molecule has 1 aromatic rings. The third kappa shape index (κ3) is 6.60. The summed E-state index contributed by atoms with van der Waals surface area (Å²) in [5.41, 5.74) is 2.15. The molecule has 0 bridgehead atoms. The van der Waals surface area contributed by atoms with Crippen LogP contribution in [0.15, 0.2) is 24.3 Å². The molecule has 0 N–H and O–H groups in total. The lowest BCUT2D eigenvalue weighted by Crippen LogP contribution is -2.51. The van der Waals surface area contributed by atoms with Crippen LogP contribution in [0.25, 0.3) is 0 Å². The molecule has 3 aliphatic heterocycles. The van der Waals surface area contributed by atoms with Crippen molar-refractivity contribution in [2.24, 2.45) is 5.92 Å². The van der Waals surface area contributed by atoms with Gasteiger partial charge in [0.2, 0.25) is 5.91 Å². The van der Waals surface area contributed by atoms with Crippen LogP contribution in [0.1, 0.15) is 74.2 Å². The molecule has 0 unspecified atom stereocenters. The molecular weight excluding hydrogens is 426 g/mol. The fourth-order valence-electron chi connectivity index (χ4n) is 5.74. The summed E-state index contributed by atoms with van der Waals surface area (Å²) in [7, 11) is 0. The third-order valence-corrected chi connectivity index (χ3v) is 7.99. The quantitative estimate of drug-likeness (QED) is 0.541. The highest BCUT2D eigenvalue weighted by atomic mass is 16.5. The monoisotopic (exact) mass is 469 g/mol. The molecule has 0 radical (unpaired) electrons. The van der Waals surface area contributed by atoms with Gasteiger partial charge in [0.15, 0.2) is 0 Å². The van der Waals surface area contributed by atoms with Gasteiger partial charge in [0.1, 0.15) is 0 Å². The zero-order valence-corrected chi connectivity index (χ0v) is 21.1. The van der Waals surface area contributed by atoms with E-state index < -0.39 is 0 Å². The van der Waals surface area contributed by atoms with Crippen molar-refractivity contribution >= 4 is 11.8 Å². The average molecular weight is 470 g/mol. The predicted octanol–water partition coefficient (Wildman–Crippen LogP) is 3.98. The first kappa shape index (κ1) is 25.2. The van der Waals surface area contributed by atoms with Crippen LogP contribution in [0.2, 0.25) is 0 Å². The van der Waals surface area contributed by atoms with Gasteiger partial charge in [-0.2, -0.15) is 0 Å². The van der Waals surface area contributed by atoms with Gasteiger partial charge in [0.25, 0.3) is 5.91 Å². The highest BCUT2D eigenvalue weighted by Gasteiger charge is 2.33. The van der Waals surface area contributed by atoms with E-state index in [2.05, 4.69) is 24.0 Å². The summed E-state index contributed by atoms with van der Waals surface area (Å²) in [5.74, 6) is 0.673. The SMILES string of the molecule is CCCCCCc1ccc(C(=O)N2CCC(N3CCC(C(=O)N4CCOCC4)CC3)CC2)cc1. The van der Waals surface area contributed by atoms with Crippen molar-refractivity contribution < 1.29 is 14.3 Å². The van der Waals surface area contributed by atoms with Gasteiger partial charge in [0.05, 0.1) is 13.2 Å². The lowest BCUT2D eigenvalue weighted by Gasteiger charge is -2.42. The minimum absolute atomic E-state index is 0.172. The number of likely N-dealkylation sites (tertiary alicyclic amines) is 2. The fourth-order valence-corrected chi connectivity index (χ4v) is 5.74. The molecule has 3 fully saturated rings. The van der Waals surface area contributed by atoms with E-state index in [4.69, 9.17) is 4.74 Å². The summed E-state index contributed by atoms with van der Waals surface area (Å²) in [6.07, 6.45) is 10.2. The van der Waals surface area contributed by atoms with E-state index in [9.17, 15) is 9.59 Å². The Morgan fingerprint density at radius 1 is 0.824 bits per heavy atom. The first-order valence-corrected chi connectivity index (χ1v) is 13.6. The molecule has 34 heavy (non-hydrogen) atoms. The van der Waals surface area contributed by atoms with Crippen molar-refractivity contribution in [2.75, 3.05) is 52.5 Å². The van der Waals surface area contributed by atoms with E-state index in [1.54, 1.807) is 0 Å². The number of unbranched alkanes of at least 4 members (excludes halogenated alkanes) is 3. The van der Waals surface area contributed by atoms with E-state index in [-0.39, 0.29) is 11.8 Å². The third-order valence-electron chi connectivity index (χ3n) is 7.99. The van der Waals surface area contributed by atoms with Crippen molar-refractivity contribution in [1.29, 1.82) is 0 Å². The molecule has 3 heterocycles. The van der Waals surface area contributed by atoms with Crippen LogP contribution in [0.4, 0.5) is 0 Å². The molecule has 1 aromatic carbocycles. The first-order valence-electron chi connectivity index (χ1n) is 13.6. The molecule has 0 aliphatic carbocycles. The number of carbonyl (C=O) groups excluding carboxylic acids is 2. The topological polar surface area (TPSA) is 53.1 Å². The smallest absolute Gasteiger partial charge is 0.253 e. The number of ether oxygens (including phenoxy) is 1. The van der Waals surface area contributed by atoms with Crippen LogP contribution < -0.4 is 0 Å². The number of amides is 2. The molecular formula is C28H43N3O3. The Morgan fingerprint density at radius 3 is 2.15 bits per heavy atom. The number of morpholine rings is 1. The highest BCUT2D eigenvalue weighted by Crippen LogP contribution is 2.26. The maximum Gasteiger partial charge on any atom is 0.253 e. The molecule has 0 spiro atoms. The second-order valence-electron chi connectivity index (χ2n) is 10.3. The Bertz CT molecular complexity index is 775. The van der Waals surface area contributed by atoms with Crippen molar-refractivity contribution in [1.82, 2.24) is 14.7 Å². The van der Waals surface area contributed by atoms with Gasteiger partial charge in [0, 0.05) is 43.7 Å². The van der Waals surface area contributed by atoms with E-state index in [0.717, 1.165) is 76.9 Å². The largest absolute Gasteiger partial charge is 0.378 e. The molecule has 0 atom stereocenters. The van der Waals surface area contributed by atoms with Crippen molar-refractivity contribution in [3.63, 3.8) is 0 Å². The van der Waals surface area contributed by atoms with Gasteiger partial charge in [-0.25, -0.2) is 0 Å². The van der Waals surface area contributed by atoms with Gasteiger partial charge >= 0.3 is 0 Å². The standard InChI is InChI=1S/C28H43N3O3/c1-2-3-4-5-6-23-7-9-24(10-8-23)27(32)30-17-13-26(14-18-30)29-15-11-25(12-16-29)28(33)31-19-21-34-22-20-31/h7-10,25-26H,2-6,11-22H2,1H3. The molecule has 2 amide bonds. The summed E-state index contributed by atoms with van der Waals surface area (Å²) >= 11 is 0. The average Bonchev–Trinajstić information content (AvgIpc) is 2.91. The molecule has 4 rings (SSSR count). The van der Waals surface area contributed by atoms with Crippen LogP contribution in [0, 0.1) is 5.92 Å². The second-order valence-corrected chi connectivity index (χ2v) is 10.3. The number of benzene rings is 1. The minimum atomic E-state index is 0.172. The zero-order valence-electron chi connectivity index (χ0n) is 21.1. The number of rotatable bonds is 8. The molecule has 0 aromatic heterocycles. The van der Waals surface area contributed by atoms with Crippen LogP contribution in [-0.2, 0) is 16.0 Å². The minimum Gasteiger partial charge on any atom is -0.378 e. The molecule has 3 saturated heterocycles. The maximum absolute atomic E-state index is 13.0. The Morgan fingerprint density at radius 2 is 1.50 bits per heavy atom. The van der Waals surface area contributed by atoms with Crippen molar-refractivity contribution in [3.8, 4) is 0 Å². The van der Waals surface area contributed by atoms with E-state index in [1.807, 2.05) is 21.9 Å². The number of hydrogen-bond donors (Lipinski definition) is 0. The van der Waals surface area contributed by atoms with Gasteiger partial charge in [-0.1, -0.05) is 38.3 Å². The second kappa shape index (κ2) is 12.7. The number of aryl methyl sites for hydroxylation is 1. The van der Waals surface area contributed by atoms with Gasteiger partial charge in [-0.3, -0.25) is 9.59 Å². The first-order chi connectivity index (χ1) is 16.7. The Labute approximate surface area is 205 Å². The number of carbonyl (C=O) groups is 2. The summed E-state index contributed by atoms with van der Waals surface area (Å²) in [6.45, 7) is 8.72. The maximum atomic E-state index is 13.0. The van der Waals surface area contributed by atoms with E-state index >= 15 is 0 Å². The number of piperidine rings is 2. The summed E-state index contributed by atoms with van der Waals surface area (Å²) in [6, 6.07) is 8.83. The predicted molar refractivity (Wildman–Crippen MR) is 135 cm³/mol. The molecule has 188 valence electrons. The Hall–Kier alpha value is -1.92. The molecule has 6 nitrogen and oxygen atoms in total. The van der Waals surface area contributed by atoms with Crippen LogP contribution in [0.3, 0.4) is 0 Å². The Kier molecular flexibility index (Phi) is 9.40. The van der Waals surface area contributed by atoms with Crippen LogP contribution in [0.5, 0.6) is 0 Å². The zero-order chi connectivity index (χ0) is 23.8. The van der Waals surface area contributed by atoms with Gasteiger partial charge in [-0.15, -0.1) is 0 Å². The summed E-state index contributed by atoms with van der Waals surface area (Å²) < 4.78 is 5.38. The lowest BCUT2D eigenvalue weighted by atomic mass is 9.92. The fraction of sp³-hybridized carbons (Fsp3) is 0.714. The lowest BCUT2D eigenvalue weighted by molar-refractivity contribution is -0.141. The molecule has 3 aliphatic rings. The van der Waals surface area contributed by atoms with Crippen molar-refractivity contribution in [2.45, 2.75) is 70.8 Å². The number of hydrogen-bond acceptors (Lipinski definition) is 4. The number of nitrogens with zero attached hydrogens (tertiary/aromatic N) is 3. The van der Waals surface area contributed by atoms with Crippen molar-refractivity contribution in [3.05, 3.63) is 35.4 Å². The van der Waals surface area contributed by atoms with Crippen LogP contribution in [-0.4, -0.2) is 85.0 Å². The van der Waals surface area contributed by atoms with Crippen LogP contribution >= 0.6 is 0 Å².